The predicted molar refractivity (Wildman–Crippen MR) is 124 cm³/mol. The second-order valence-corrected chi connectivity index (χ2v) is 8.04. The number of aliphatic hydroxyl groups excluding tert-OH is 1. The molecule has 1 unspecified atom stereocenters. The quantitative estimate of drug-likeness (QED) is 0.551. The lowest BCUT2D eigenvalue weighted by molar-refractivity contribution is -0.119. The number of anilines is 4. The summed E-state index contributed by atoms with van der Waals surface area (Å²) in [5.41, 5.74) is 4.88. The number of benzene rings is 1. The van der Waals surface area contributed by atoms with E-state index in [1.54, 1.807) is 23.4 Å². The van der Waals surface area contributed by atoms with E-state index >= 15 is 0 Å². The van der Waals surface area contributed by atoms with E-state index < -0.39 is 12.5 Å². The van der Waals surface area contributed by atoms with Crippen LogP contribution in [0.15, 0.2) is 48.9 Å². The first kappa shape index (κ1) is 20.9. The van der Waals surface area contributed by atoms with Gasteiger partial charge in [0.2, 0.25) is 11.8 Å². The van der Waals surface area contributed by atoms with Gasteiger partial charge < -0.3 is 25.4 Å². The molecule has 0 spiro atoms. The zero-order valence-corrected chi connectivity index (χ0v) is 18.0. The van der Waals surface area contributed by atoms with Crippen LogP contribution in [0.25, 0.3) is 11.1 Å². The number of hydrogen-bond donors (Lipinski definition) is 3. The lowest BCUT2D eigenvalue weighted by Crippen LogP contribution is -2.24. The van der Waals surface area contributed by atoms with Crippen LogP contribution in [0, 0.1) is 0 Å². The highest BCUT2D eigenvalue weighted by atomic mass is 16.5. The van der Waals surface area contributed by atoms with E-state index in [1.807, 2.05) is 31.2 Å². The average molecular weight is 445 g/mol. The molecule has 9 heteroatoms. The maximum absolute atomic E-state index is 12.1. The molecule has 4 heterocycles. The second-order valence-electron chi connectivity index (χ2n) is 8.04. The Balaban J connectivity index is 1.41. The minimum Gasteiger partial charge on any atom is -0.485 e. The number of pyridine rings is 2. The van der Waals surface area contributed by atoms with Crippen molar-refractivity contribution in [1.29, 1.82) is 0 Å². The molecule has 5 rings (SSSR count). The van der Waals surface area contributed by atoms with Gasteiger partial charge in [0.25, 0.3) is 0 Å². The van der Waals surface area contributed by atoms with Crippen molar-refractivity contribution in [3.8, 4) is 16.9 Å². The van der Waals surface area contributed by atoms with Crippen LogP contribution in [0.3, 0.4) is 0 Å². The molecule has 2 aromatic heterocycles. The number of nitrogens with one attached hydrogen (secondary N) is 2. The first-order valence-corrected chi connectivity index (χ1v) is 10.8. The Morgan fingerprint density at radius 3 is 2.82 bits per heavy atom. The van der Waals surface area contributed by atoms with Gasteiger partial charge in [-0.1, -0.05) is 0 Å². The van der Waals surface area contributed by atoms with Crippen LogP contribution < -0.4 is 20.3 Å². The fraction of sp³-hybridized carbons (Fsp3) is 0.250. The van der Waals surface area contributed by atoms with Gasteiger partial charge in [0, 0.05) is 47.6 Å². The van der Waals surface area contributed by atoms with Crippen LogP contribution in [0.2, 0.25) is 0 Å². The summed E-state index contributed by atoms with van der Waals surface area (Å²) >= 11 is 0. The Morgan fingerprint density at radius 2 is 2.03 bits per heavy atom. The zero-order chi connectivity index (χ0) is 22.9. The van der Waals surface area contributed by atoms with E-state index in [0.717, 1.165) is 41.1 Å². The molecule has 1 saturated heterocycles. The SMILES string of the molecule is CC1Oc2cc(N3CCCC3=O)ccc2-c2cnc(Nc3cncc(NC(=O)CO)c3)cc21. The molecule has 0 bridgehead atoms. The summed E-state index contributed by atoms with van der Waals surface area (Å²) in [4.78, 5) is 34.0. The van der Waals surface area contributed by atoms with E-state index in [-0.39, 0.29) is 12.0 Å². The van der Waals surface area contributed by atoms with E-state index in [9.17, 15) is 9.59 Å². The van der Waals surface area contributed by atoms with Gasteiger partial charge in [-0.15, -0.1) is 0 Å². The van der Waals surface area contributed by atoms with Crippen LogP contribution in [-0.4, -0.2) is 40.0 Å². The number of hydrogen-bond acceptors (Lipinski definition) is 7. The molecule has 1 atom stereocenters. The normalized spacial score (nSPS) is 16.6. The summed E-state index contributed by atoms with van der Waals surface area (Å²) in [6.07, 6.45) is 6.18. The van der Waals surface area contributed by atoms with Crippen molar-refractivity contribution < 1.29 is 19.4 Å². The van der Waals surface area contributed by atoms with Crippen LogP contribution in [0.5, 0.6) is 5.75 Å². The Morgan fingerprint density at radius 1 is 1.18 bits per heavy atom. The summed E-state index contributed by atoms with van der Waals surface area (Å²) in [5.74, 6) is 0.986. The number of carbonyl (C=O) groups excluding carboxylic acids is 2. The Hall–Kier alpha value is -3.98. The number of fused-ring (bicyclic) bond motifs is 3. The molecule has 0 saturated carbocycles. The third kappa shape index (κ3) is 4.10. The number of ether oxygens (including phenoxy) is 1. The lowest BCUT2D eigenvalue weighted by Gasteiger charge is -2.28. The Bertz CT molecular complexity index is 1250. The molecule has 1 aromatic carbocycles. The minimum atomic E-state index is -0.598. The molecule has 2 amide bonds. The topological polar surface area (TPSA) is 117 Å². The Kier molecular flexibility index (Phi) is 5.39. The molecule has 1 fully saturated rings. The van der Waals surface area contributed by atoms with Crippen molar-refractivity contribution in [1.82, 2.24) is 9.97 Å². The van der Waals surface area contributed by atoms with Gasteiger partial charge in [0.1, 0.15) is 24.3 Å². The van der Waals surface area contributed by atoms with E-state index in [0.29, 0.717) is 23.6 Å². The molecule has 3 aromatic rings. The zero-order valence-electron chi connectivity index (χ0n) is 18.0. The van der Waals surface area contributed by atoms with Crippen molar-refractivity contribution >= 4 is 34.7 Å². The number of rotatable bonds is 5. The van der Waals surface area contributed by atoms with Crippen molar-refractivity contribution in [3.05, 3.63) is 54.5 Å². The third-order valence-corrected chi connectivity index (χ3v) is 5.76. The molecular formula is C24H23N5O4. The van der Waals surface area contributed by atoms with Crippen LogP contribution in [0.4, 0.5) is 22.9 Å². The van der Waals surface area contributed by atoms with Gasteiger partial charge in [-0.3, -0.25) is 14.6 Å². The second kappa shape index (κ2) is 8.51. The first-order valence-electron chi connectivity index (χ1n) is 10.8. The van der Waals surface area contributed by atoms with E-state index in [1.165, 1.54) is 6.20 Å². The fourth-order valence-electron chi connectivity index (χ4n) is 4.20. The number of carbonyl (C=O) groups is 2. The summed E-state index contributed by atoms with van der Waals surface area (Å²) < 4.78 is 6.20. The predicted octanol–water partition coefficient (Wildman–Crippen LogP) is 3.40. The fourth-order valence-corrected chi connectivity index (χ4v) is 4.20. The molecular weight excluding hydrogens is 422 g/mol. The van der Waals surface area contributed by atoms with Gasteiger partial charge in [-0.2, -0.15) is 0 Å². The third-order valence-electron chi connectivity index (χ3n) is 5.76. The average Bonchev–Trinajstić information content (AvgIpc) is 3.25. The summed E-state index contributed by atoms with van der Waals surface area (Å²) in [6, 6.07) is 9.50. The number of aliphatic hydroxyl groups is 1. The minimum absolute atomic E-state index is 0.145. The molecule has 33 heavy (non-hydrogen) atoms. The molecule has 168 valence electrons. The van der Waals surface area contributed by atoms with Crippen molar-refractivity contribution in [2.75, 3.05) is 28.7 Å². The van der Waals surface area contributed by atoms with Gasteiger partial charge in [0.15, 0.2) is 0 Å². The summed E-state index contributed by atoms with van der Waals surface area (Å²) in [5, 5.41) is 14.7. The monoisotopic (exact) mass is 445 g/mol. The van der Waals surface area contributed by atoms with Crippen molar-refractivity contribution in [2.45, 2.75) is 25.9 Å². The van der Waals surface area contributed by atoms with Gasteiger partial charge in [0.05, 0.1) is 23.8 Å². The highest BCUT2D eigenvalue weighted by molar-refractivity contribution is 5.96. The van der Waals surface area contributed by atoms with E-state index in [4.69, 9.17) is 9.84 Å². The number of nitrogens with zero attached hydrogens (tertiary/aromatic N) is 3. The maximum atomic E-state index is 12.1. The lowest BCUT2D eigenvalue weighted by atomic mass is 9.94. The molecule has 0 aliphatic carbocycles. The summed E-state index contributed by atoms with van der Waals surface area (Å²) in [6.45, 7) is 2.12. The van der Waals surface area contributed by atoms with Crippen LogP contribution >= 0.6 is 0 Å². The smallest absolute Gasteiger partial charge is 0.250 e. The van der Waals surface area contributed by atoms with Gasteiger partial charge in [-0.25, -0.2) is 4.98 Å². The largest absolute Gasteiger partial charge is 0.485 e. The Labute approximate surface area is 190 Å². The number of amides is 2. The van der Waals surface area contributed by atoms with Crippen LogP contribution in [0.1, 0.15) is 31.4 Å². The van der Waals surface area contributed by atoms with Gasteiger partial charge >= 0.3 is 0 Å². The standard InChI is InChI=1S/C24H23N5O4/c1-14-19-9-22(27-15-7-16(11-25-10-15)28-23(31)13-30)26-12-20(19)18-5-4-17(8-21(18)33-14)29-6-2-3-24(29)32/h4-5,7-12,14,30H,2-3,6,13H2,1H3,(H,26,27)(H,28,31). The van der Waals surface area contributed by atoms with Crippen LogP contribution in [-0.2, 0) is 9.59 Å². The molecule has 2 aliphatic heterocycles. The molecule has 3 N–H and O–H groups in total. The summed E-state index contributed by atoms with van der Waals surface area (Å²) in [7, 11) is 0. The molecule has 2 aliphatic rings. The highest BCUT2D eigenvalue weighted by Crippen LogP contribution is 2.44. The highest BCUT2D eigenvalue weighted by Gasteiger charge is 2.27. The maximum Gasteiger partial charge on any atom is 0.250 e. The van der Waals surface area contributed by atoms with Gasteiger partial charge in [-0.05, 0) is 37.6 Å². The van der Waals surface area contributed by atoms with Crippen molar-refractivity contribution in [2.24, 2.45) is 0 Å². The molecule has 9 nitrogen and oxygen atoms in total. The first-order chi connectivity index (χ1) is 16.0. The molecule has 0 radical (unpaired) electrons. The van der Waals surface area contributed by atoms with E-state index in [2.05, 4.69) is 20.6 Å². The number of aromatic nitrogens is 2. The van der Waals surface area contributed by atoms with Crippen molar-refractivity contribution in [3.63, 3.8) is 0 Å².